The van der Waals surface area contributed by atoms with Gasteiger partial charge in [0.15, 0.2) is 12.2 Å². The van der Waals surface area contributed by atoms with E-state index in [4.69, 9.17) is 14.2 Å². The molecule has 7 heteroatoms. The van der Waals surface area contributed by atoms with Crippen molar-refractivity contribution in [2.24, 2.45) is 0 Å². The van der Waals surface area contributed by atoms with Crippen molar-refractivity contribution in [3.8, 4) is 0 Å². The number of carbonyl (C=O) groups excluding carboxylic acids is 3. The molecule has 0 aliphatic carbocycles. The Kier molecular flexibility index (Phi) is 8.78. The Bertz CT molecular complexity index is 955. The maximum absolute atomic E-state index is 12.9. The summed E-state index contributed by atoms with van der Waals surface area (Å²) in [5, 5.41) is 10.7. The SMILES string of the molecule is CCCC1OC(=O)C(OC(=O)c2ccccc2)CC/C=C/C(O)C1OC(=O)c1ccccc1. The topological polar surface area (TPSA) is 99.1 Å². The summed E-state index contributed by atoms with van der Waals surface area (Å²) in [7, 11) is 0. The summed E-state index contributed by atoms with van der Waals surface area (Å²) in [5.74, 6) is -1.99. The van der Waals surface area contributed by atoms with Crippen LogP contribution in [0.2, 0.25) is 0 Å². The van der Waals surface area contributed by atoms with Gasteiger partial charge in [-0.3, -0.25) is 0 Å². The maximum atomic E-state index is 12.9. The molecular formula is C26H28O7. The molecule has 4 unspecified atom stereocenters. The number of ether oxygens (including phenoxy) is 3. The van der Waals surface area contributed by atoms with E-state index in [0.29, 0.717) is 30.4 Å². The Morgan fingerprint density at radius 2 is 1.55 bits per heavy atom. The van der Waals surface area contributed by atoms with Crippen LogP contribution in [0.25, 0.3) is 0 Å². The van der Waals surface area contributed by atoms with Crippen molar-refractivity contribution in [2.45, 2.75) is 57.0 Å². The molecule has 2 aromatic carbocycles. The number of benzene rings is 2. The fraction of sp³-hybridized carbons (Fsp3) is 0.346. The highest BCUT2D eigenvalue weighted by atomic mass is 16.6. The Morgan fingerprint density at radius 1 is 0.970 bits per heavy atom. The van der Waals surface area contributed by atoms with E-state index in [1.807, 2.05) is 6.92 Å². The van der Waals surface area contributed by atoms with Crippen molar-refractivity contribution in [1.29, 1.82) is 0 Å². The zero-order valence-corrected chi connectivity index (χ0v) is 18.5. The largest absolute Gasteiger partial charge is 0.456 e. The first-order valence-electron chi connectivity index (χ1n) is 11.1. The Labute approximate surface area is 193 Å². The van der Waals surface area contributed by atoms with Gasteiger partial charge in [-0.2, -0.15) is 0 Å². The molecule has 0 bridgehead atoms. The van der Waals surface area contributed by atoms with Gasteiger partial charge in [0.1, 0.15) is 12.2 Å². The number of carbonyl (C=O) groups is 3. The first-order chi connectivity index (χ1) is 16.0. The molecule has 3 rings (SSSR count). The third-order valence-corrected chi connectivity index (χ3v) is 5.25. The molecule has 0 amide bonds. The molecule has 33 heavy (non-hydrogen) atoms. The van der Waals surface area contributed by atoms with E-state index in [0.717, 1.165) is 0 Å². The Morgan fingerprint density at radius 3 is 2.12 bits per heavy atom. The summed E-state index contributed by atoms with van der Waals surface area (Å²) in [6.45, 7) is 1.89. The van der Waals surface area contributed by atoms with Crippen molar-refractivity contribution >= 4 is 17.9 Å². The third kappa shape index (κ3) is 6.76. The quantitative estimate of drug-likeness (QED) is 0.404. The molecule has 0 saturated heterocycles. The number of hydrogen-bond acceptors (Lipinski definition) is 7. The summed E-state index contributed by atoms with van der Waals surface area (Å²) in [6.07, 6.45) is 0.412. The molecule has 2 aromatic rings. The standard InChI is InChI=1S/C26H28O7/c1-2-11-21-23(33-25(29)19-14-7-4-8-15-19)20(27)16-9-10-17-22(26(30)31-21)32-24(28)18-12-5-3-6-13-18/h3-9,12-16,20-23,27H,2,10-11,17H2,1H3/b16-9+. The highest BCUT2D eigenvalue weighted by Gasteiger charge is 2.36. The molecule has 174 valence electrons. The molecule has 0 spiro atoms. The van der Waals surface area contributed by atoms with E-state index in [1.54, 1.807) is 66.7 Å². The first kappa shape index (κ1) is 24.2. The smallest absolute Gasteiger partial charge is 0.347 e. The molecule has 4 atom stereocenters. The van der Waals surface area contributed by atoms with Crippen LogP contribution in [0.5, 0.6) is 0 Å². The number of esters is 3. The molecule has 7 nitrogen and oxygen atoms in total. The van der Waals surface area contributed by atoms with Gasteiger partial charge in [0.25, 0.3) is 0 Å². The van der Waals surface area contributed by atoms with Crippen molar-refractivity contribution < 1.29 is 33.7 Å². The average Bonchev–Trinajstić information content (AvgIpc) is 2.84. The minimum absolute atomic E-state index is 0.202. The van der Waals surface area contributed by atoms with Gasteiger partial charge in [-0.25, -0.2) is 14.4 Å². The van der Waals surface area contributed by atoms with Gasteiger partial charge in [0, 0.05) is 0 Å². The fourth-order valence-electron chi connectivity index (χ4n) is 3.52. The highest BCUT2D eigenvalue weighted by molar-refractivity contribution is 5.91. The average molecular weight is 453 g/mol. The predicted octanol–water partition coefficient (Wildman–Crippen LogP) is 3.86. The third-order valence-electron chi connectivity index (χ3n) is 5.25. The molecule has 0 aromatic heterocycles. The van der Waals surface area contributed by atoms with E-state index in [9.17, 15) is 19.5 Å². The number of aliphatic hydroxyl groups is 1. The number of rotatable bonds is 6. The van der Waals surface area contributed by atoms with Crippen LogP contribution >= 0.6 is 0 Å². The molecule has 1 heterocycles. The van der Waals surface area contributed by atoms with Crippen LogP contribution in [0.3, 0.4) is 0 Å². The van der Waals surface area contributed by atoms with Crippen LogP contribution in [0.1, 0.15) is 53.3 Å². The van der Waals surface area contributed by atoms with Crippen molar-refractivity contribution in [3.63, 3.8) is 0 Å². The summed E-state index contributed by atoms with van der Waals surface area (Å²) in [5.41, 5.74) is 0.648. The zero-order chi connectivity index (χ0) is 23.6. The van der Waals surface area contributed by atoms with Gasteiger partial charge in [-0.1, -0.05) is 61.9 Å². The van der Waals surface area contributed by atoms with Gasteiger partial charge < -0.3 is 19.3 Å². The van der Waals surface area contributed by atoms with Gasteiger partial charge in [0.05, 0.1) is 11.1 Å². The van der Waals surface area contributed by atoms with Crippen LogP contribution in [0.15, 0.2) is 72.8 Å². The molecule has 1 aliphatic rings. The predicted molar refractivity (Wildman–Crippen MR) is 120 cm³/mol. The number of aliphatic hydroxyl groups excluding tert-OH is 1. The normalized spacial score (nSPS) is 24.2. The van der Waals surface area contributed by atoms with Crippen LogP contribution in [-0.4, -0.2) is 47.4 Å². The molecule has 0 fully saturated rings. The minimum Gasteiger partial charge on any atom is -0.456 e. The lowest BCUT2D eigenvalue weighted by atomic mass is 10.0. The van der Waals surface area contributed by atoms with E-state index >= 15 is 0 Å². The van der Waals surface area contributed by atoms with E-state index in [1.165, 1.54) is 6.08 Å². The number of allylic oxidation sites excluding steroid dienone is 1. The molecular weight excluding hydrogens is 424 g/mol. The zero-order valence-electron chi connectivity index (χ0n) is 18.5. The first-order valence-corrected chi connectivity index (χ1v) is 11.1. The number of hydrogen-bond donors (Lipinski definition) is 1. The summed E-state index contributed by atoms with van der Waals surface area (Å²) in [4.78, 5) is 38.1. The summed E-state index contributed by atoms with van der Waals surface area (Å²) in [6, 6.07) is 16.8. The lowest BCUT2D eigenvalue weighted by Gasteiger charge is -2.31. The maximum Gasteiger partial charge on any atom is 0.347 e. The van der Waals surface area contributed by atoms with Crippen molar-refractivity contribution in [2.75, 3.05) is 0 Å². The van der Waals surface area contributed by atoms with Crippen LogP contribution in [0, 0.1) is 0 Å². The second-order valence-electron chi connectivity index (χ2n) is 7.76. The molecule has 1 N–H and O–H groups in total. The molecule has 0 radical (unpaired) electrons. The molecule has 1 aliphatic heterocycles. The van der Waals surface area contributed by atoms with Gasteiger partial charge in [-0.05, 0) is 43.5 Å². The van der Waals surface area contributed by atoms with Crippen molar-refractivity contribution in [1.82, 2.24) is 0 Å². The van der Waals surface area contributed by atoms with Crippen LogP contribution in [-0.2, 0) is 19.0 Å². The lowest BCUT2D eigenvalue weighted by Crippen LogP contribution is -2.45. The monoisotopic (exact) mass is 452 g/mol. The van der Waals surface area contributed by atoms with Crippen LogP contribution in [0.4, 0.5) is 0 Å². The summed E-state index contributed by atoms with van der Waals surface area (Å²) < 4.78 is 16.7. The van der Waals surface area contributed by atoms with Gasteiger partial charge in [0.2, 0.25) is 0 Å². The van der Waals surface area contributed by atoms with Gasteiger partial charge >= 0.3 is 17.9 Å². The highest BCUT2D eigenvalue weighted by Crippen LogP contribution is 2.22. The minimum atomic E-state index is -1.16. The van der Waals surface area contributed by atoms with E-state index in [2.05, 4.69) is 0 Å². The lowest BCUT2D eigenvalue weighted by molar-refractivity contribution is -0.170. The number of cyclic esters (lactones) is 1. The Balaban J connectivity index is 1.79. The van der Waals surface area contributed by atoms with Crippen LogP contribution < -0.4 is 0 Å². The second kappa shape index (κ2) is 12.0. The summed E-state index contributed by atoms with van der Waals surface area (Å²) >= 11 is 0. The second-order valence-corrected chi connectivity index (χ2v) is 7.76. The Hall–Kier alpha value is -3.45. The van der Waals surface area contributed by atoms with E-state index in [-0.39, 0.29) is 6.42 Å². The van der Waals surface area contributed by atoms with Gasteiger partial charge in [-0.15, -0.1) is 0 Å². The molecule has 0 saturated carbocycles. The van der Waals surface area contributed by atoms with Crippen molar-refractivity contribution in [3.05, 3.63) is 83.9 Å². The fourth-order valence-corrected chi connectivity index (χ4v) is 3.52. The van der Waals surface area contributed by atoms with E-state index < -0.39 is 42.3 Å².